The molecule has 240 valence electrons. The van der Waals surface area contributed by atoms with Gasteiger partial charge in [0, 0.05) is 27.7 Å². The third-order valence-corrected chi connectivity index (χ3v) is 10.1. The molecule has 7 rings (SSSR count). The summed E-state index contributed by atoms with van der Waals surface area (Å²) in [7, 11) is 0. The molecule has 0 amide bonds. The third-order valence-electron chi connectivity index (χ3n) is 10.1. The fraction of sp³-hybridized carbons (Fsp3) is 0.234. The molecule has 0 radical (unpaired) electrons. The van der Waals surface area contributed by atoms with Gasteiger partial charge in [-0.2, -0.15) is 0 Å². The van der Waals surface area contributed by atoms with E-state index >= 15 is 0 Å². The molecule has 1 heteroatoms. The van der Waals surface area contributed by atoms with Crippen molar-refractivity contribution >= 4 is 0 Å². The minimum atomic E-state index is -0.289. The molecule has 0 atom stereocenters. The zero-order valence-corrected chi connectivity index (χ0v) is 29.6. The SMILES string of the molecule is CC(C)(C)c1cc(-c2ccc(-c3ccccc3)cc2)c2c(c1)C(C)(C)c1cc(C(C)(C)C)cc(-c3ccc(-c4ccccc4)cc3)c1O2. The minimum absolute atomic E-state index is 0.0248. The monoisotopic (exact) mass is 626 g/mol. The summed E-state index contributed by atoms with van der Waals surface area (Å²) in [6.07, 6.45) is 0. The van der Waals surface area contributed by atoms with E-state index in [4.69, 9.17) is 4.74 Å². The standard InChI is InChI=1S/C47H46O/c1-45(2,3)37-27-39(35-23-19-33(20-24-35)31-15-11-9-12-16-31)43-41(29-37)47(7,8)42-30-38(46(4,5)6)28-40(44(42)48-43)36-25-21-34(22-26-36)32-17-13-10-14-18-32/h9-30H,1-8H3. The van der Waals surface area contributed by atoms with Gasteiger partial charge in [-0.1, -0.05) is 177 Å². The van der Waals surface area contributed by atoms with Gasteiger partial charge in [0.05, 0.1) is 0 Å². The zero-order valence-electron chi connectivity index (χ0n) is 29.6. The molecule has 1 nitrogen and oxygen atoms in total. The van der Waals surface area contributed by atoms with Gasteiger partial charge >= 0.3 is 0 Å². The fourth-order valence-electron chi connectivity index (χ4n) is 6.89. The molecule has 0 saturated carbocycles. The maximum atomic E-state index is 7.25. The van der Waals surface area contributed by atoms with Crippen molar-refractivity contribution in [3.8, 4) is 56.0 Å². The molecule has 6 aromatic rings. The maximum Gasteiger partial charge on any atom is 0.139 e. The van der Waals surface area contributed by atoms with Crippen LogP contribution in [0.1, 0.15) is 77.6 Å². The van der Waals surface area contributed by atoms with Crippen LogP contribution in [0.15, 0.2) is 133 Å². The average molecular weight is 627 g/mol. The lowest BCUT2D eigenvalue weighted by Gasteiger charge is -2.39. The Kier molecular flexibility index (Phi) is 7.71. The largest absolute Gasteiger partial charge is 0.455 e. The van der Waals surface area contributed by atoms with E-state index in [2.05, 4.69) is 189 Å². The van der Waals surface area contributed by atoms with Crippen LogP contribution in [0, 0.1) is 0 Å². The summed E-state index contributed by atoms with van der Waals surface area (Å²) in [5.74, 6) is 1.91. The lowest BCUT2D eigenvalue weighted by Crippen LogP contribution is -2.27. The second-order valence-corrected chi connectivity index (χ2v) is 15.9. The van der Waals surface area contributed by atoms with E-state index in [1.807, 2.05) is 0 Å². The summed E-state index contributed by atoms with van der Waals surface area (Å²) in [5, 5.41) is 0. The predicted octanol–water partition coefficient (Wildman–Crippen LogP) is 13.4. The third kappa shape index (κ3) is 5.77. The molecule has 1 heterocycles. The Labute approximate surface area is 287 Å². The highest BCUT2D eigenvalue weighted by molar-refractivity contribution is 5.83. The first kappa shape index (κ1) is 31.7. The van der Waals surface area contributed by atoms with Gasteiger partial charge < -0.3 is 4.74 Å². The van der Waals surface area contributed by atoms with Crippen molar-refractivity contribution in [2.75, 3.05) is 0 Å². The van der Waals surface area contributed by atoms with Crippen molar-refractivity contribution in [3.63, 3.8) is 0 Å². The smallest absolute Gasteiger partial charge is 0.139 e. The number of hydrogen-bond donors (Lipinski definition) is 0. The first-order valence-electron chi connectivity index (χ1n) is 17.2. The van der Waals surface area contributed by atoms with E-state index in [-0.39, 0.29) is 16.2 Å². The molecule has 0 bridgehead atoms. The minimum Gasteiger partial charge on any atom is -0.455 e. The quantitative estimate of drug-likeness (QED) is 0.189. The topological polar surface area (TPSA) is 9.23 Å². The molecular weight excluding hydrogens is 581 g/mol. The van der Waals surface area contributed by atoms with Crippen molar-refractivity contribution in [3.05, 3.63) is 156 Å². The highest BCUT2D eigenvalue weighted by atomic mass is 16.5. The molecule has 0 N–H and O–H groups in total. The van der Waals surface area contributed by atoms with Crippen LogP contribution in [0.3, 0.4) is 0 Å². The fourth-order valence-corrected chi connectivity index (χ4v) is 6.89. The normalized spacial score (nSPS) is 13.8. The van der Waals surface area contributed by atoms with E-state index in [0.29, 0.717) is 0 Å². The number of fused-ring (bicyclic) bond motifs is 2. The first-order chi connectivity index (χ1) is 22.8. The molecule has 0 saturated heterocycles. The molecule has 48 heavy (non-hydrogen) atoms. The van der Waals surface area contributed by atoms with Crippen LogP contribution in [0.5, 0.6) is 11.5 Å². The lowest BCUT2D eigenvalue weighted by atomic mass is 9.70. The van der Waals surface area contributed by atoms with Crippen molar-refractivity contribution < 1.29 is 4.74 Å². The highest BCUT2D eigenvalue weighted by Crippen LogP contribution is 2.56. The van der Waals surface area contributed by atoms with Crippen molar-refractivity contribution in [2.45, 2.75) is 71.6 Å². The van der Waals surface area contributed by atoms with E-state index in [1.54, 1.807) is 0 Å². The van der Waals surface area contributed by atoms with Crippen LogP contribution in [-0.2, 0) is 16.2 Å². The number of hydrogen-bond acceptors (Lipinski definition) is 1. The Balaban J connectivity index is 1.42. The number of benzene rings is 6. The van der Waals surface area contributed by atoms with Gasteiger partial charge in [-0.15, -0.1) is 0 Å². The number of ether oxygens (including phenoxy) is 1. The Morgan fingerprint density at radius 1 is 0.396 bits per heavy atom. The van der Waals surface area contributed by atoms with E-state index in [9.17, 15) is 0 Å². The molecule has 0 aromatic heterocycles. The Bertz CT molecular complexity index is 1930. The molecule has 0 fully saturated rings. The Hall–Kier alpha value is -4.88. The van der Waals surface area contributed by atoms with Crippen LogP contribution < -0.4 is 4.74 Å². The van der Waals surface area contributed by atoms with Crippen LogP contribution in [0.2, 0.25) is 0 Å². The van der Waals surface area contributed by atoms with Gasteiger partial charge in [-0.05, 0) is 67.5 Å². The summed E-state index contributed by atoms with van der Waals surface area (Å²) >= 11 is 0. The van der Waals surface area contributed by atoms with Crippen LogP contribution in [0.4, 0.5) is 0 Å². The second kappa shape index (κ2) is 11.7. The van der Waals surface area contributed by atoms with E-state index in [0.717, 1.165) is 33.8 Å². The van der Waals surface area contributed by atoms with Gasteiger partial charge in [-0.25, -0.2) is 0 Å². The lowest BCUT2D eigenvalue weighted by molar-refractivity contribution is 0.418. The summed E-state index contributed by atoms with van der Waals surface area (Å²) in [6, 6.07) is 48.6. The molecular formula is C47H46O. The van der Waals surface area contributed by atoms with E-state index in [1.165, 1.54) is 44.5 Å². The zero-order chi connectivity index (χ0) is 33.8. The molecule has 0 spiro atoms. The molecule has 6 aromatic carbocycles. The Morgan fingerprint density at radius 2 is 0.708 bits per heavy atom. The molecule has 1 aliphatic rings. The second-order valence-electron chi connectivity index (χ2n) is 15.9. The predicted molar refractivity (Wildman–Crippen MR) is 204 cm³/mol. The van der Waals surface area contributed by atoms with Gasteiger partial charge in [0.15, 0.2) is 0 Å². The summed E-state index contributed by atoms with van der Waals surface area (Å²) < 4.78 is 7.25. The highest BCUT2D eigenvalue weighted by Gasteiger charge is 2.39. The van der Waals surface area contributed by atoms with Crippen molar-refractivity contribution in [1.29, 1.82) is 0 Å². The number of rotatable bonds is 4. The van der Waals surface area contributed by atoms with Gasteiger partial charge in [-0.3, -0.25) is 0 Å². The molecule has 1 aliphatic heterocycles. The summed E-state index contributed by atoms with van der Waals surface area (Å²) in [4.78, 5) is 0. The van der Waals surface area contributed by atoms with Gasteiger partial charge in [0.25, 0.3) is 0 Å². The van der Waals surface area contributed by atoms with Crippen LogP contribution in [0.25, 0.3) is 44.5 Å². The summed E-state index contributed by atoms with van der Waals surface area (Å²) in [6.45, 7) is 18.6. The van der Waals surface area contributed by atoms with Crippen LogP contribution >= 0.6 is 0 Å². The summed E-state index contributed by atoms with van der Waals surface area (Å²) in [5.41, 5.74) is 14.2. The van der Waals surface area contributed by atoms with Crippen molar-refractivity contribution in [1.82, 2.24) is 0 Å². The average Bonchev–Trinajstić information content (AvgIpc) is 3.08. The maximum absolute atomic E-state index is 7.25. The van der Waals surface area contributed by atoms with Gasteiger partial charge in [0.1, 0.15) is 11.5 Å². The molecule has 0 aliphatic carbocycles. The Morgan fingerprint density at radius 3 is 1.04 bits per heavy atom. The van der Waals surface area contributed by atoms with Crippen molar-refractivity contribution in [2.24, 2.45) is 0 Å². The molecule has 0 unspecified atom stereocenters. The van der Waals surface area contributed by atoms with Crippen LogP contribution in [-0.4, -0.2) is 0 Å². The van der Waals surface area contributed by atoms with Gasteiger partial charge in [0.2, 0.25) is 0 Å². The first-order valence-corrected chi connectivity index (χ1v) is 17.2. The van der Waals surface area contributed by atoms with E-state index < -0.39 is 0 Å².